The summed E-state index contributed by atoms with van der Waals surface area (Å²) in [6.45, 7) is 2.99. The minimum absolute atomic E-state index is 0.242. The number of carboxylic acid groups (broad SMARTS) is 1. The number of carboxylic acids is 1. The number of hydrogen-bond donors (Lipinski definition) is 2. The fourth-order valence-electron chi connectivity index (χ4n) is 2.77. The van der Waals surface area contributed by atoms with Gasteiger partial charge in [0, 0.05) is 6.54 Å². The Morgan fingerprint density at radius 1 is 1.28 bits per heavy atom. The first-order valence-corrected chi connectivity index (χ1v) is 8.50. The second-order valence-electron chi connectivity index (χ2n) is 5.84. The van der Waals surface area contributed by atoms with E-state index in [1.807, 2.05) is 25.1 Å². The maximum absolute atomic E-state index is 12.0. The number of amides is 1. The van der Waals surface area contributed by atoms with Gasteiger partial charge in [0.05, 0.1) is 13.7 Å². The highest BCUT2D eigenvalue weighted by molar-refractivity contribution is 5.82. The van der Waals surface area contributed by atoms with Crippen LogP contribution in [0.5, 0.6) is 11.5 Å². The van der Waals surface area contributed by atoms with E-state index in [1.54, 1.807) is 7.11 Å². The average Bonchev–Trinajstić information content (AvgIpc) is 3.09. The highest BCUT2D eigenvalue weighted by Gasteiger charge is 2.34. The van der Waals surface area contributed by atoms with E-state index in [2.05, 4.69) is 5.32 Å². The lowest BCUT2D eigenvalue weighted by Gasteiger charge is -2.13. The van der Waals surface area contributed by atoms with Crippen LogP contribution in [0.2, 0.25) is 0 Å². The Kier molecular flexibility index (Phi) is 7.06. The first-order valence-electron chi connectivity index (χ1n) is 8.50. The molecule has 0 saturated carbocycles. The van der Waals surface area contributed by atoms with Crippen LogP contribution in [0, 0.1) is 0 Å². The highest BCUT2D eigenvalue weighted by atomic mass is 16.5. The van der Waals surface area contributed by atoms with Gasteiger partial charge in [-0.25, -0.2) is 4.79 Å². The van der Waals surface area contributed by atoms with Crippen molar-refractivity contribution in [3.8, 4) is 11.5 Å². The summed E-state index contributed by atoms with van der Waals surface area (Å²) in [6, 6.07) is 5.79. The zero-order chi connectivity index (χ0) is 18.2. The van der Waals surface area contributed by atoms with Crippen LogP contribution in [-0.4, -0.2) is 49.5 Å². The molecule has 7 nitrogen and oxygen atoms in total. The molecule has 0 aliphatic carbocycles. The van der Waals surface area contributed by atoms with Crippen molar-refractivity contribution in [1.82, 2.24) is 5.32 Å². The molecular weight excluding hydrogens is 326 g/mol. The fourth-order valence-corrected chi connectivity index (χ4v) is 2.77. The summed E-state index contributed by atoms with van der Waals surface area (Å²) in [5, 5.41) is 11.7. The smallest absolute Gasteiger partial charge is 0.332 e. The van der Waals surface area contributed by atoms with Crippen LogP contribution < -0.4 is 14.8 Å². The number of hydrogen-bond acceptors (Lipinski definition) is 5. The summed E-state index contributed by atoms with van der Waals surface area (Å²) < 4.78 is 16.0. The zero-order valence-electron chi connectivity index (χ0n) is 14.6. The second kappa shape index (κ2) is 9.27. The Morgan fingerprint density at radius 2 is 2.04 bits per heavy atom. The van der Waals surface area contributed by atoms with Crippen molar-refractivity contribution < 1.29 is 28.9 Å². The van der Waals surface area contributed by atoms with Gasteiger partial charge >= 0.3 is 5.97 Å². The van der Waals surface area contributed by atoms with Gasteiger partial charge in [-0.1, -0.05) is 6.07 Å². The molecule has 7 heteroatoms. The third-order valence-electron chi connectivity index (χ3n) is 4.06. The summed E-state index contributed by atoms with van der Waals surface area (Å²) in [4.78, 5) is 22.8. The Balaban J connectivity index is 1.75. The van der Waals surface area contributed by atoms with Gasteiger partial charge < -0.3 is 24.6 Å². The van der Waals surface area contributed by atoms with E-state index in [4.69, 9.17) is 19.3 Å². The van der Waals surface area contributed by atoms with Crippen molar-refractivity contribution >= 4 is 11.9 Å². The Hall–Kier alpha value is -2.28. The first kappa shape index (κ1) is 19.1. The van der Waals surface area contributed by atoms with Gasteiger partial charge in [0.1, 0.15) is 6.10 Å². The third-order valence-corrected chi connectivity index (χ3v) is 4.06. The predicted octanol–water partition coefficient (Wildman–Crippen LogP) is 1.77. The van der Waals surface area contributed by atoms with E-state index in [0.29, 0.717) is 37.5 Å². The number of benzene rings is 1. The number of nitrogens with one attached hydrogen (secondary N) is 1. The number of rotatable bonds is 9. The van der Waals surface area contributed by atoms with Crippen LogP contribution in [0.15, 0.2) is 18.2 Å². The van der Waals surface area contributed by atoms with Gasteiger partial charge in [0.25, 0.3) is 0 Å². The lowest BCUT2D eigenvalue weighted by molar-refractivity contribution is -0.151. The van der Waals surface area contributed by atoms with Gasteiger partial charge in [-0.05, 0) is 50.3 Å². The molecule has 1 saturated heterocycles. The molecule has 1 heterocycles. The monoisotopic (exact) mass is 351 g/mol. The van der Waals surface area contributed by atoms with Gasteiger partial charge in [0.2, 0.25) is 5.91 Å². The molecule has 138 valence electrons. The number of methoxy groups -OCH3 is 1. The van der Waals surface area contributed by atoms with Crippen LogP contribution >= 0.6 is 0 Å². The molecule has 1 aromatic carbocycles. The van der Waals surface area contributed by atoms with E-state index in [1.165, 1.54) is 0 Å². The second-order valence-corrected chi connectivity index (χ2v) is 5.84. The lowest BCUT2D eigenvalue weighted by atomic mass is 10.1. The predicted molar refractivity (Wildman–Crippen MR) is 91.0 cm³/mol. The van der Waals surface area contributed by atoms with Crippen molar-refractivity contribution in [3.63, 3.8) is 0 Å². The molecule has 2 N–H and O–H groups in total. The Labute approximate surface area is 147 Å². The number of aliphatic carboxylic acids is 1. The summed E-state index contributed by atoms with van der Waals surface area (Å²) in [5.41, 5.74) is 1.10. The Morgan fingerprint density at radius 3 is 2.68 bits per heavy atom. The summed E-state index contributed by atoms with van der Waals surface area (Å²) in [7, 11) is 1.60. The molecule has 2 rings (SSSR count). The van der Waals surface area contributed by atoms with Crippen LogP contribution in [0.25, 0.3) is 0 Å². The molecule has 1 aliphatic heterocycles. The quantitative estimate of drug-likeness (QED) is 0.659. The minimum Gasteiger partial charge on any atom is -0.493 e. The van der Waals surface area contributed by atoms with Crippen molar-refractivity contribution in [2.45, 2.75) is 44.8 Å². The average molecular weight is 351 g/mol. The largest absolute Gasteiger partial charge is 0.493 e. The minimum atomic E-state index is -1.01. The summed E-state index contributed by atoms with van der Waals surface area (Å²) in [5.74, 6) is 0.157. The van der Waals surface area contributed by atoms with Crippen LogP contribution in [0.1, 0.15) is 31.7 Å². The molecule has 0 spiro atoms. The molecule has 0 radical (unpaired) electrons. The topological polar surface area (TPSA) is 94.1 Å². The maximum atomic E-state index is 12.0. The van der Waals surface area contributed by atoms with Crippen molar-refractivity contribution in [2.24, 2.45) is 0 Å². The van der Waals surface area contributed by atoms with Gasteiger partial charge in [0.15, 0.2) is 17.6 Å². The number of aryl methyl sites for hydroxylation is 1. The Bertz CT molecular complexity index is 603. The lowest BCUT2D eigenvalue weighted by Crippen LogP contribution is -2.36. The zero-order valence-corrected chi connectivity index (χ0v) is 14.6. The SMILES string of the molecule is CCOc1cc(CCCNC(=O)[C@@H]2CC[C@H](C(=O)O)O2)ccc1OC. The molecule has 0 unspecified atom stereocenters. The molecule has 1 amide bonds. The summed E-state index contributed by atoms with van der Waals surface area (Å²) in [6.07, 6.45) is 0.837. The number of carbonyl (C=O) groups excluding carboxylic acids is 1. The van der Waals surface area contributed by atoms with Crippen LogP contribution in [0.4, 0.5) is 0 Å². The van der Waals surface area contributed by atoms with Crippen molar-refractivity contribution in [3.05, 3.63) is 23.8 Å². The molecule has 0 aromatic heterocycles. The first-order chi connectivity index (χ1) is 12.0. The van der Waals surface area contributed by atoms with Crippen LogP contribution in [0.3, 0.4) is 0 Å². The summed E-state index contributed by atoms with van der Waals surface area (Å²) >= 11 is 0. The molecular formula is C18H25NO6. The van der Waals surface area contributed by atoms with Crippen LogP contribution in [-0.2, 0) is 20.7 Å². The molecule has 1 aliphatic rings. The van der Waals surface area contributed by atoms with Gasteiger partial charge in [-0.15, -0.1) is 0 Å². The standard InChI is InChI=1S/C18H25NO6/c1-3-24-16-11-12(6-7-13(16)23-2)5-4-10-19-17(20)14-8-9-15(25-14)18(21)22/h6-7,11,14-15H,3-5,8-10H2,1-2H3,(H,19,20)(H,21,22)/t14-,15+/m0/s1. The number of carbonyl (C=O) groups is 2. The van der Waals surface area contributed by atoms with E-state index < -0.39 is 18.2 Å². The highest BCUT2D eigenvalue weighted by Crippen LogP contribution is 2.28. The normalized spacial score (nSPS) is 19.4. The van der Waals surface area contributed by atoms with Gasteiger partial charge in [-0.2, -0.15) is 0 Å². The fraction of sp³-hybridized carbons (Fsp3) is 0.556. The molecule has 25 heavy (non-hydrogen) atoms. The van der Waals surface area contributed by atoms with Gasteiger partial charge in [-0.3, -0.25) is 4.79 Å². The van der Waals surface area contributed by atoms with E-state index in [0.717, 1.165) is 18.4 Å². The molecule has 0 bridgehead atoms. The third kappa shape index (κ3) is 5.35. The maximum Gasteiger partial charge on any atom is 0.332 e. The molecule has 1 fully saturated rings. The van der Waals surface area contributed by atoms with Crippen molar-refractivity contribution in [2.75, 3.05) is 20.3 Å². The van der Waals surface area contributed by atoms with E-state index in [9.17, 15) is 9.59 Å². The molecule has 1 aromatic rings. The van der Waals surface area contributed by atoms with Crippen molar-refractivity contribution in [1.29, 1.82) is 0 Å². The molecule has 2 atom stereocenters. The van der Waals surface area contributed by atoms with E-state index in [-0.39, 0.29) is 5.91 Å². The number of ether oxygens (including phenoxy) is 3. The van der Waals surface area contributed by atoms with E-state index >= 15 is 0 Å².